The van der Waals surface area contributed by atoms with Crippen LogP contribution in [0.5, 0.6) is 11.5 Å². The highest BCUT2D eigenvalue weighted by molar-refractivity contribution is 7.88. The van der Waals surface area contributed by atoms with E-state index >= 15 is 0 Å². The van der Waals surface area contributed by atoms with Crippen molar-refractivity contribution in [2.24, 2.45) is 5.92 Å². The molecule has 1 aromatic carbocycles. The maximum atomic E-state index is 12.8. The van der Waals surface area contributed by atoms with Crippen LogP contribution in [-0.2, 0) is 14.8 Å². The van der Waals surface area contributed by atoms with Gasteiger partial charge in [0.05, 0.1) is 19.4 Å². The minimum absolute atomic E-state index is 0.0281. The second-order valence-corrected chi connectivity index (χ2v) is 9.95. The molecule has 1 fully saturated rings. The number of hydrogen-bond donors (Lipinski definition) is 1. The number of carbonyl (C=O) groups is 1. The Kier molecular flexibility index (Phi) is 5.40. The van der Waals surface area contributed by atoms with E-state index in [9.17, 15) is 13.2 Å². The summed E-state index contributed by atoms with van der Waals surface area (Å²) >= 11 is 0. The summed E-state index contributed by atoms with van der Waals surface area (Å²) in [6, 6.07) is 5.46. The molecule has 0 unspecified atom stereocenters. The van der Waals surface area contributed by atoms with Gasteiger partial charge in [-0.05, 0) is 44.9 Å². The molecule has 1 amide bonds. The molecule has 1 atom stereocenters. The number of nitrogens with one attached hydrogen (secondary N) is 1. The summed E-state index contributed by atoms with van der Waals surface area (Å²) in [5, 5.41) is 3.16. The van der Waals surface area contributed by atoms with Crippen LogP contribution in [0.4, 0.5) is 0 Å². The van der Waals surface area contributed by atoms with Gasteiger partial charge in [-0.1, -0.05) is 0 Å². The Morgan fingerprint density at radius 3 is 2.56 bits per heavy atom. The van der Waals surface area contributed by atoms with Crippen molar-refractivity contribution in [3.05, 3.63) is 23.8 Å². The lowest BCUT2D eigenvalue weighted by Gasteiger charge is -2.39. The van der Waals surface area contributed by atoms with Gasteiger partial charge in [0.2, 0.25) is 15.9 Å². The van der Waals surface area contributed by atoms with E-state index in [2.05, 4.69) is 5.32 Å². The zero-order valence-corrected chi connectivity index (χ0v) is 17.1. The minimum atomic E-state index is -3.19. The van der Waals surface area contributed by atoms with Crippen LogP contribution in [0.2, 0.25) is 0 Å². The molecule has 7 nitrogen and oxygen atoms in total. The molecule has 0 aliphatic carbocycles. The molecule has 1 aromatic rings. The Morgan fingerprint density at radius 1 is 1.30 bits per heavy atom. The third kappa shape index (κ3) is 4.55. The molecular weight excluding hydrogens is 368 g/mol. The average molecular weight is 397 g/mol. The number of benzene rings is 1. The van der Waals surface area contributed by atoms with Gasteiger partial charge >= 0.3 is 0 Å². The van der Waals surface area contributed by atoms with E-state index in [1.807, 2.05) is 32.0 Å². The molecule has 0 saturated carbocycles. The van der Waals surface area contributed by atoms with Crippen molar-refractivity contribution in [3.63, 3.8) is 0 Å². The first-order valence-corrected chi connectivity index (χ1v) is 11.1. The maximum absolute atomic E-state index is 12.8. The monoisotopic (exact) mass is 396 g/mol. The second kappa shape index (κ2) is 7.31. The number of amides is 1. The molecule has 0 aromatic heterocycles. The Hall–Kier alpha value is -1.80. The largest absolute Gasteiger partial charge is 0.497 e. The Morgan fingerprint density at radius 2 is 1.96 bits per heavy atom. The molecule has 2 heterocycles. The number of nitrogens with zero attached hydrogens (tertiary/aromatic N) is 1. The van der Waals surface area contributed by atoms with Crippen molar-refractivity contribution in [1.29, 1.82) is 0 Å². The van der Waals surface area contributed by atoms with E-state index in [0.717, 1.165) is 17.1 Å². The fourth-order valence-electron chi connectivity index (χ4n) is 3.83. The molecule has 150 valence electrons. The first-order valence-electron chi connectivity index (χ1n) is 9.21. The summed E-state index contributed by atoms with van der Waals surface area (Å²) in [5.74, 6) is 1.27. The number of piperidine rings is 1. The molecule has 0 radical (unpaired) electrons. The van der Waals surface area contributed by atoms with Crippen LogP contribution < -0.4 is 14.8 Å². The third-order valence-electron chi connectivity index (χ3n) is 5.28. The van der Waals surface area contributed by atoms with Crippen LogP contribution in [0.3, 0.4) is 0 Å². The maximum Gasteiger partial charge on any atom is 0.223 e. The quantitative estimate of drug-likeness (QED) is 0.842. The smallest absolute Gasteiger partial charge is 0.223 e. The highest BCUT2D eigenvalue weighted by Crippen LogP contribution is 2.41. The normalized spacial score (nSPS) is 23.2. The molecule has 2 aliphatic heterocycles. The van der Waals surface area contributed by atoms with Crippen LogP contribution in [-0.4, -0.2) is 50.7 Å². The van der Waals surface area contributed by atoms with Gasteiger partial charge in [0.1, 0.15) is 17.1 Å². The number of hydrogen-bond acceptors (Lipinski definition) is 5. The lowest BCUT2D eigenvalue weighted by molar-refractivity contribution is -0.127. The lowest BCUT2D eigenvalue weighted by Crippen LogP contribution is -2.46. The van der Waals surface area contributed by atoms with Crippen LogP contribution >= 0.6 is 0 Å². The fraction of sp³-hybridized carbons (Fsp3) is 0.632. The van der Waals surface area contributed by atoms with Crippen molar-refractivity contribution in [3.8, 4) is 11.5 Å². The first kappa shape index (κ1) is 19.9. The summed E-state index contributed by atoms with van der Waals surface area (Å²) in [4.78, 5) is 12.8. The topological polar surface area (TPSA) is 84.9 Å². The second-order valence-electron chi connectivity index (χ2n) is 7.97. The number of methoxy groups -OCH3 is 1. The number of carbonyl (C=O) groups excluding carboxylic acids is 1. The predicted molar refractivity (Wildman–Crippen MR) is 102 cm³/mol. The van der Waals surface area contributed by atoms with E-state index in [-0.39, 0.29) is 23.5 Å². The molecule has 1 saturated heterocycles. The molecule has 0 bridgehead atoms. The third-order valence-corrected chi connectivity index (χ3v) is 6.59. The number of ether oxygens (including phenoxy) is 2. The van der Waals surface area contributed by atoms with Gasteiger partial charge in [0.15, 0.2) is 0 Å². The number of sulfonamides is 1. The number of fused-ring (bicyclic) bond motifs is 1. The van der Waals surface area contributed by atoms with E-state index in [1.165, 1.54) is 10.6 Å². The van der Waals surface area contributed by atoms with E-state index < -0.39 is 10.0 Å². The summed E-state index contributed by atoms with van der Waals surface area (Å²) in [6.07, 6.45) is 2.94. The summed E-state index contributed by atoms with van der Waals surface area (Å²) < 4.78 is 36.1. The fourth-order valence-corrected chi connectivity index (χ4v) is 4.70. The average Bonchev–Trinajstić information content (AvgIpc) is 2.60. The number of rotatable bonds is 4. The van der Waals surface area contributed by atoms with Crippen molar-refractivity contribution < 1.29 is 22.7 Å². The summed E-state index contributed by atoms with van der Waals surface area (Å²) in [7, 11) is -1.58. The van der Waals surface area contributed by atoms with Crippen LogP contribution in [0.1, 0.15) is 44.7 Å². The van der Waals surface area contributed by atoms with Crippen molar-refractivity contribution >= 4 is 15.9 Å². The van der Waals surface area contributed by atoms with E-state index in [0.29, 0.717) is 32.4 Å². The SMILES string of the molecule is COc1ccc2c(c1)[C@@H](NC(=O)C1CCN(S(C)(=O)=O)CC1)CC(C)(C)O2. The molecule has 0 spiro atoms. The van der Waals surface area contributed by atoms with Gasteiger partial charge in [-0.25, -0.2) is 12.7 Å². The Labute approximate surface area is 161 Å². The minimum Gasteiger partial charge on any atom is -0.497 e. The van der Waals surface area contributed by atoms with Gasteiger partial charge in [0.25, 0.3) is 0 Å². The van der Waals surface area contributed by atoms with Crippen molar-refractivity contribution in [2.75, 3.05) is 26.5 Å². The Bertz CT molecular complexity index is 813. The lowest BCUT2D eigenvalue weighted by atomic mass is 9.88. The van der Waals surface area contributed by atoms with Gasteiger partial charge in [-0.2, -0.15) is 0 Å². The Balaban J connectivity index is 1.73. The van der Waals surface area contributed by atoms with Crippen LogP contribution in [0.25, 0.3) is 0 Å². The van der Waals surface area contributed by atoms with Crippen molar-refractivity contribution in [2.45, 2.75) is 44.8 Å². The molecule has 8 heteroatoms. The van der Waals surface area contributed by atoms with Gasteiger partial charge in [0, 0.05) is 31.0 Å². The zero-order chi connectivity index (χ0) is 19.8. The summed E-state index contributed by atoms with van der Waals surface area (Å²) in [6.45, 7) is 4.79. The van der Waals surface area contributed by atoms with E-state index in [4.69, 9.17) is 9.47 Å². The zero-order valence-electron chi connectivity index (χ0n) is 16.3. The van der Waals surface area contributed by atoms with Gasteiger partial charge in [-0.3, -0.25) is 4.79 Å². The van der Waals surface area contributed by atoms with E-state index in [1.54, 1.807) is 7.11 Å². The van der Waals surface area contributed by atoms with Gasteiger partial charge in [-0.15, -0.1) is 0 Å². The predicted octanol–water partition coefficient (Wildman–Crippen LogP) is 2.09. The van der Waals surface area contributed by atoms with Gasteiger partial charge < -0.3 is 14.8 Å². The molecular formula is C19H28N2O5S. The van der Waals surface area contributed by atoms with Crippen LogP contribution in [0, 0.1) is 5.92 Å². The molecule has 2 aliphatic rings. The first-order chi connectivity index (χ1) is 12.6. The molecule has 1 N–H and O–H groups in total. The highest BCUT2D eigenvalue weighted by atomic mass is 32.2. The van der Waals surface area contributed by atoms with Crippen LogP contribution in [0.15, 0.2) is 18.2 Å². The molecule has 3 rings (SSSR count). The summed E-state index contributed by atoms with van der Waals surface area (Å²) in [5.41, 5.74) is 0.523. The highest BCUT2D eigenvalue weighted by Gasteiger charge is 2.36. The molecule has 27 heavy (non-hydrogen) atoms. The van der Waals surface area contributed by atoms with Crippen molar-refractivity contribution in [1.82, 2.24) is 9.62 Å². The standard InChI is InChI=1S/C19H28N2O5S/c1-19(2)12-16(15-11-14(25-3)5-6-17(15)26-19)20-18(22)13-7-9-21(10-8-13)27(4,23)24/h5-6,11,13,16H,7-10,12H2,1-4H3,(H,20,22)/t16-/m0/s1.